The Morgan fingerprint density at radius 2 is 1.86 bits per heavy atom. The number of nitriles is 1. The lowest BCUT2D eigenvalue weighted by atomic mass is 9.95. The molecule has 7 heteroatoms. The Bertz CT molecular complexity index is 1370. The van der Waals surface area contributed by atoms with Crippen molar-refractivity contribution in [1.82, 2.24) is 19.8 Å². The Hall–Kier alpha value is -3.01. The van der Waals surface area contributed by atoms with Crippen molar-refractivity contribution in [2.75, 3.05) is 13.6 Å². The van der Waals surface area contributed by atoms with E-state index in [1.807, 2.05) is 55.3 Å². The lowest BCUT2D eigenvalue weighted by Crippen LogP contribution is -2.50. The second-order valence-electron chi connectivity index (χ2n) is 10.6. The summed E-state index contributed by atoms with van der Waals surface area (Å²) in [6.45, 7) is 2.43. The molecule has 6 rings (SSSR count). The Morgan fingerprint density at radius 3 is 2.58 bits per heavy atom. The fraction of sp³-hybridized carbons (Fsp3) is 0.448. The third-order valence-electron chi connectivity index (χ3n) is 8.51. The predicted molar refractivity (Wildman–Crippen MR) is 140 cm³/mol. The van der Waals surface area contributed by atoms with E-state index in [1.54, 1.807) is 0 Å². The number of carbonyl (C=O) groups excluding carboxylic acids is 1. The zero-order valence-electron chi connectivity index (χ0n) is 20.7. The molecule has 36 heavy (non-hydrogen) atoms. The number of halogens is 1. The number of hydrogen-bond donors (Lipinski definition) is 0. The summed E-state index contributed by atoms with van der Waals surface area (Å²) in [5, 5.41) is 10.9. The molecule has 3 heterocycles. The molecule has 3 aliphatic rings. The molecule has 3 aromatic rings. The standard InChI is InChI=1S/C29H30ClN5O/c1-17-32-27-6-4-3-5-23(27)28(33-17)25-16-24(25)22-10-7-18(13-26(22)30)29(36)34(2)21-14-19-8-9-20(15-21)35(19)12-11-31/h3-7,10,13,19-21,24-25H,8-9,12,14-16H2,1-2H3/t19-,20+,21?,24-,25+/m1/s1. The zero-order chi connectivity index (χ0) is 25.0. The van der Waals surface area contributed by atoms with Gasteiger partial charge < -0.3 is 4.90 Å². The first-order chi connectivity index (χ1) is 17.4. The third-order valence-corrected chi connectivity index (χ3v) is 8.84. The molecule has 184 valence electrons. The monoisotopic (exact) mass is 499 g/mol. The normalized spacial score (nSPS) is 27.1. The van der Waals surface area contributed by atoms with Gasteiger partial charge in [-0.05, 0) is 68.7 Å². The van der Waals surface area contributed by atoms with E-state index in [-0.39, 0.29) is 11.9 Å². The van der Waals surface area contributed by atoms with E-state index in [1.165, 1.54) is 0 Å². The highest BCUT2D eigenvalue weighted by Crippen LogP contribution is 2.56. The highest BCUT2D eigenvalue weighted by atomic mass is 35.5. The van der Waals surface area contributed by atoms with Gasteiger partial charge in [0.25, 0.3) is 5.91 Å². The minimum absolute atomic E-state index is 0.0198. The van der Waals surface area contributed by atoms with Gasteiger partial charge in [0.1, 0.15) is 5.82 Å². The van der Waals surface area contributed by atoms with Crippen molar-refractivity contribution < 1.29 is 4.79 Å². The molecule has 1 aromatic heterocycles. The van der Waals surface area contributed by atoms with E-state index >= 15 is 0 Å². The number of carbonyl (C=O) groups is 1. The Balaban J connectivity index is 1.18. The lowest BCUT2D eigenvalue weighted by molar-refractivity contribution is 0.0535. The molecule has 2 aromatic carbocycles. The van der Waals surface area contributed by atoms with Crippen molar-refractivity contribution in [3.05, 3.63) is 70.1 Å². The van der Waals surface area contributed by atoms with Crippen LogP contribution in [0.25, 0.3) is 10.9 Å². The summed E-state index contributed by atoms with van der Waals surface area (Å²) in [6, 6.07) is 17.3. The molecule has 0 radical (unpaired) electrons. The Morgan fingerprint density at radius 1 is 1.11 bits per heavy atom. The van der Waals surface area contributed by atoms with Gasteiger partial charge >= 0.3 is 0 Å². The van der Waals surface area contributed by atoms with Crippen LogP contribution in [0.15, 0.2) is 42.5 Å². The van der Waals surface area contributed by atoms with Crippen LogP contribution in [0, 0.1) is 18.3 Å². The van der Waals surface area contributed by atoms with E-state index in [0.717, 1.165) is 60.1 Å². The number of nitrogens with zero attached hydrogens (tertiary/aromatic N) is 5. The quantitative estimate of drug-likeness (QED) is 0.436. The van der Waals surface area contributed by atoms with Crippen LogP contribution in [-0.2, 0) is 0 Å². The summed E-state index contributed by atoms with van der Waals surface area (Å²) < 4.78 is 0. The van der Waals surface area contributed by atoms with Crippen molar-refractivity contribution in [1.29, 1.82) is 5.26 Å². The average Bonchev–Trinajstić information content (AvgIpc) is 3.63. The summed E-state index contributed by atoms with van der Waals surface area (Å²) in [7, 11) is 1.91. The number of aromatic nitrogens is 2. The summed E-state index contributed by atoms with van der Waals surface area (Å²) in [6.07, 6.45) is 5.10. The molecule has 2 saturated heterocycles. The maximum Gasteiger partial charge on any atom is 0.253 e. The topological polar surface area (TPSA) is 73.1 Å². The van der Waals surface area contributed by atoms with Crippen molar-refractivity contribution in [2.45, 2.75) is 69.0 Å². The van der Waals surface area contributed by atoms with Gasteiger partial charge in [-0.2, -0.15) is 5.26 Å². The number of piperidine rings is 1. The van der Waals surface area contributed by atoms with Gasteiger partial charge in [-0.3, -0.25) is 9.69 Å². The number of fused-ring (bicyclic) bond motifs is 3. The van der Waals surface area contributed by atoms with Crippen molar-refractivity contribution in [3.63, 3.8) is 0 Å². The molecule has 0 N–H and O–H groups in total. The highest BCUT2D eigenvalue weighted by molar-refractivity contribution is 6.31. The molecule has 1 saturated carbocycles. The highest BCUT2D eigenvalue weighted by Gasteiger charge is 2.44. The SMILES string of the molecule is Cc1nc([C@H]2C[C@@H]2c2ccc(C(=O)N(C)C3C[C@H]4CC[C@@H](C3)N4CC#N)cc2Cl)c2ccccc2n1. The second-order valence-corrected chi connectivity index (χ2v) is 11.0. The van der Waals surface area contributed by atoms with Crippen LogP contribution in [0.5, 0.6) is 0 Å². The first-order valence-corrected chi connectivity index (χ1v) is 13.2. The van der Waals surface area contributed by atoms with Gasteiger partial charge in [0.2, 0.25) is 0 Å². The van der Waals surface area contributed by atoms with Gasteiger partial charge in [0, 0.05) is 47.1 Å². The number of rotatable bonds is 5. The molecule has 2 bridgehead atoms. The lowest BCUT2D eigenvalue weighted by Gasteiger charge is -2.41. The molecule has 1 amide bonds. The average molecular weight is 500 g/mol. The molecule has 2 aliphatic heterocycles. The largest absolute Gasteiger partial charge is 0.339 e. The number of aryl methyl sites for hydroxylation is 1. The fourth-order valence-corrected chi connectivity index (χ4v) is 6.90. The van der Waals surface area contributed by atoms with Crippen LogP contribution < -0.4 is 0 Å². The Kier molecular flexibility index (Phi) is 5.94. The number of hydrogen-bond acceptors (Lipinski definition) is 5. The fourth-order valence-electron chi connectivity index (χ4n) is 6.58. The Labute approximate surface area is 216 Å². The number of amides is 1. The molecule has 5 atom stereocenters. The molecule has 0 spiro atoms. The van der Waals surface area contributed by atoms with Gasteiger partial charge in [-0.1, -0.05) is 35.9 Å². The van der Waals surface area contributed by atoms with E-state index in [4.69, 9.17) is 21.8 Å². The zero-order valence-corrected chi connectivity index (χ0v) is 21.4. The number of benzene rings is 2. The first kappa shape index (κ1) is 23.4. The minimum atomic E-state index is 0.0198. The van der Waals surface area contributed by atoms with Crippen LogP contribution in [-0.4, -0.2) is 57.4 Å². The smallest absolute Gasteiger partial charge is 0.253 e. The van der Waals surface area contributed by atoms with E-state index < -0.39 is 0 Å². The van der Waals surface area contributed by atoms with Crippen LogP contribution in [0.3, 0.4) is 0 Å². The van der Waals surface area contributed by atoms with Gasteiger partial charge in [0.15, 0.2) is 0 Å². The maximum atomic E-state index is 13.4. The van der Waals surface area contributed by atoms with Crippen LogP contribution >= 0.6 is 11.6 Å². The summed E-state index contributed by atoms with van der Waals surface area (Å²) in [4.78, 5) is 27.0. The summed E-state index contributed by atoms with van der Waals surface area (Å²) >= 11 is 6.77. The van der Waals surface area contributed by atoms with E-state index in [9.17, 15) is 4.79 Å². The predicted octanol–water partition coefficient (Wildman–Crippen LogP) is 5.45. The van der Waals surface area contributed by atoms with E-state index in [2.05, 4.69) is 22.0 Å². The summed E-state index contributed by atoms with van der Waals surface area (Å²) in [5.41, 5.74) is 3.80. The van der Waals surface area contributed by atoms with Gasteiger partial charge in [-0.25, -0.2) is 9.97 Å². The molecule has 1 unspecified atom stereocenters. The molecule has 6 nitrogen and oxygen atoms in total. The molecule has 3 fully saturated rings. The first-order valence-electron chi connectivity index (χ1n) is 12.9. The van der Waals surface area contributed by atoms with Gasteiger partial charge in [0.05, 0.1) is 23.8 Å². The second kappa shape index (κ2) is 9.14. The third kappa shape index (κ3) is 4.05. The maximum absolute atomic E-state index is 13.4. The van der Waals surface area contributed by atoms with Crippen LogP contribution in [0.2, 0.25) is 5.02 Å². The van der Waals surface area contributed by atoms with Crippen molar-refractivity contribution >= 4 is 28.4 Å². The number of para-hydroxylation sites is 1. The minimum Gasteiger partial charge on any atom is -0.339 e. The van der Waals surface area contributed by atoms with Crippen molar-refractivity contribution in [3.8, 4) is 6.07 Å². The molecular formula is C29H30ClN5O. The summed E-state index contributed by atoms with van der Waals surface area (Å²) in [5.74, 6) is 1.42. The molecular weight excluding hydrogens is 470 g/mol. The van der Waals surface area contributed by atoms with E-state index in [0.29, 0.717) is 41.1 Å². The molecule has 1 aliphatic carbocycles. The van der Waals surface area contributed by atoms with Crippen LogP contribution in [0.1, 0.15) is 71.4 Å². The van der Waals surface area contributed by atoms with Gasteiger partial charge in [-0.15, -0.1) is 0 Å². The van der Waals surface area contributed by atoms with Crippen molar-refractivity contribution in [2.24, 2.45) is 0 Å². The van der Waals surface area contributed by atoms with Crippen LogP contribution in [0.4, 0.5) is 0 Å².